The quantitative estimate of drug-likeness (QED) is 0.656. The topological polar surface area (TPSA) is 21.6 Å². The Hall–Kier alpha value is -0.530. The first-order valence-electron chi connectivity index (χ1n) is 5.58. The second kappa shape index (κ2) is 4.64. The van der Waals surface area contributed by atoms with Gasteiger partial charge >= 0.3 is 0 Å². The summed E-state index contributed by atoms with van der Waals surface area (Å²) in [5.41, 5.74) is 0. The van der Waals surface area contributed by atoms with Crippen molar-refractivity contribution in [2.24, 2.45) is 10.9 Å². The molecule has 1 aliphatic heterocycles. The average Bonchev–Trinajstić information content (AvgIpc) is 2.69. The second-order valence-electron chi connectivity index (χ2n) is 4.32. The van der Waals surface area contributed by atoms with Crippen LogP contribution >= 0.6 is 0 Å². The highest BCUT2D eigenvalue weighted by Gasteiger charge is 2.17. The number of hydrogen-bond donors (Lipinski definition) is 0. The van der Waals surface area contributed by atoms with Crippen molar-refractivity contribution in [1.29, 1.82) is 0 Å². The minimum absolute atomic E-state index is 0.474. The summed E-state index contributed by atoms with van der Waals surface area (Å²) >= 11 is 0. The molecule has 0 N–H and O–H groups in total. The van der Waals surface area contributed by atoms with Crippen molar-refractivity contribution in [3.8, 4) is 0 Å². The number of rotatable bonds is 3. The maximum absolute atomic E-state index is 5.11. The van der Waals surface area contributed by atoms with Gasteiger partial charge in [0.2, 0.25) is 0 Å². The van der Waals surface area contributed by atoms with Crippen molar-refractivity contribution < 1.29 is 4.74 Å². The molecule has 0 saturated heterocycles. The van der Waals surface area contributed by atoms with Crippen LogP contribution in [-0.2, 0) is 4.74 Å². The van der Waals surface area contributed by atoms with Gasteiger partial charge in [0.25, 0.3) is 0 Å². The van der Waals surface area contributed by atoms with Crippen LogP contribution in [0, 0.1) is 5.92 Å². The number of aliphatic imine (C=N–C) groups is 1. The van der Waals surface area contributed by atoms with E-state index in [1.807, 2.05) is 0 Å². The fraction of sp³-hybridized carbons (Fsp3) is 0.909. The lowest BCUT2D eigenvalue weighted by molar-refractivity contribution is 0.289. The number of nitrogens with zero attached hydrogens (tertiary/aromatic N) is 1. The molecule has 2 heteroatoms. The van der Waals surface area contributed by atoms with Gasteiger partial charge in [-0.05, 0) is 18.8 Å². The molecule has 1 fully saturated rings. The van der Waals surface area contributed by atoms with Crippen molar-refractivity contribution in [2.75, 3.05) is 6.61 Å². The Labute approximate surface area is 80.4 Å². The Morgan fingerprint density at radius 1 is 1.15 bits per heavy atom. The zero-order valence-electron chi connectivity index (χ0n) is 8.24. The second-order valence-corrected chi connectivity index (χ2v) is 4.32. The van der Waals surface area contributed by atoms with Crippen LogP contribution in [0.25, 0.3) is 0 Å². The van der Waals surface area contributed by atoms with Crippen molar-refractivity contribution >= 4 is 6.40 Å². The van der Waals surface area contributed by atoms with Gasteiger partial charge in [-0.25, -0.2) is 0 Å². The van der Waals surface area contributed by atoms with Crippen LogP contribution in [0.3, 0.4) is 0 Å². The van der Waals surface area contributed by atoms with Crippen LogP contribution in [0.2, 0.25) is 0 Å². The minimum Gasteiger partial charge on any atom is -0.481 e. The number of ether oxygens (including phenoxy) is 1. The molecule has 1 heterocycles. The van der Waals surface area contributed by atoms with Crippen molar-refractivity contribution in [3.63, 3.8) is 0 Å². The van der Waals surface area contributed by atoms with Gasteiger partial charge in [0, 0.05) is 0 Å². The van der Waals surface area contributed by atoms with Gasteiger partial charge in [0.1, 0.15) is 6.61 Å². The van der Waals surface area contributed by atoms with Crippen LogP contribution < -0.4 is 0 Å². The van der Waals surface area contributed by atoms with E-state index < -0.39 is 0 Å². The Morgan fingerprint density at radius 2 is 2.00 bits per heavy atom. The van der Waals surface area contributed by atoms with E-state index >= 15 is 0 Å². The molecule has 13 heavy (non-hydrogen) atoms. The summed E-state index contributed by atoms with van der Waals surface area (Å²) in [5, 5.41) is 0. The van der Waals surface area contributed by atoms with Crippen LogP contribution in [0.5, 0.6) is 0 Å². The SMILES string of the molecule is C1=NC(CCC2CCCCC2)CO1. The van der Waals surface area contributed by atoms with Gasteiger partial charge in [-0.1, -0.05) is 32.1 Å². The molecule has 2 rings (SSSR count). The van der Waals surface area contributed by atoms with Gasteiger partial charge in [-0.3, -0.25) is 4.99 Å². The van der Waals surface area contributed by atoms with Crippen LogP contribution in [0.4, 0.5) is 0 Å². The van der Waals surface area contributed by atoms with E-state index in [0.29, 0.717) is 6.04 Å². The Balaban J connectivity index is 1.63. The summed E-state index contributed by atoms with van der Waals surface area (Å²) in [6.45, 7) is 0.826. The summed E-state index contributed by atoms with van der Waals surface area (Å²) in [6, 6.07) is 0.474. The van der Waals surface area contributed by atoms with Crippen molar-refractivity contribution in [1.82, 2.24) is 0 Å². The first-order valence-corrected chi connectivity index (χ1v) is 5.58. The molecule has 0 aromatic heterocycles. The predicted octanol–water partition coefficient (Wildman–Crippen LogP) is 2.77. The lowest BCUT2D eigenvalue weighted by atomic mass is 9.85. The smallest absolute Gasteiger partial charge is 0.169 e. The molecule has 1 unspecified atom stereocenters. The molecule has 0 bridgehead atoms. The van der Waals surface area contributed by atoms with Crippen molar-refractivity contribution in [3.05, 3.63) is 0 Å². The molecule has 0 aromatic carbocycles. The first-order chi connectivity index (χ1) is 6.45. The van der Waals surface area contributed by atoms with Crippen LogP contribution in [0.1, 0.15) is 44.9 Å². The zero-order valence-corrected chi connectivity index (χ0v) is 8.24. The summed E-state index contributed by atoms with van der Waals surface area (Å²) in [7, 11) is 0. The standard InChI is InChI=1S/C11H19NO/c1-2-4-10(5-3-1)6-7-11-8-13-9-12-11/h9-11H,1-8H2. The van der Waals surface area contributed by atoms with E-state index in [2.05, 4.69) is 4.99 Å². The fourth-order valence-electron chi connectivity index (χ4n) is 2.39. The van der Waals surface area contributed by atoms with Gasteiger partial charge in [0.05, 0.1) is 6.04 Å². The minimum atomic E-state index is 0.474. The molecule has 0 radical (unpaired) electrons. The van der Waals surface area contributed by atoms with Gasteiger partial charge in [-0.15, -0.1) is 0 Å². The van der Waals surface area contributed by atoms with E-state index in [-0.39, 0.29) is 0 Å². The van der Waals surface area contributed by atoms with E-state index in [4.69, 9.17) is 4.74 Å². The third-order valence-corrected chi connectivity index (χ3v) is 3.27. The van der Waals surface area contributed by atoms with Gasteiger partial charge in [-0.2, -0.15) is 0 Å². The Morgan fingerprint density at radius 3 is 2.69 bits per heavy atom. The lowest BCUT2D eigenvalue weighted by Crippen LogP contribution is -2.12. The summed E-state index contributed by atoms with van der Waals surface area (Å²) in [4.78, 5) is 4.27. The summed E-state index contributed by atoms with van der Waals surface area (Å²) in [6.07, 6.45) is 11.5. The molecule has 2 nitrogen and oxygen atoms in total. The summed E-state index contributed by atoms with van der Waals surface area (Å²) in [5.74, 6) is 0.990. The molecular formula is C11H19NO. The lowest BCUT2D eigenvalue weighted by Gasteiger charge is -2.21. The molecule has 0 aromatic rings. The first kappa shape index (κ1) is 9.04. The highest BCUT2D eigenvalue weighted by molar-refractivity contribution is 5.48. The summed E-state index contributed by atoms with van der Waals surface area (Å²) < 4.78 is 5.11. The largest absolute Gasteiger partial charge is 0.481 e. The normalized spacial score (nSPS) is 29.1. The third-order valence-electron chi connectivity index (χ3n) is 3.27. The molecule has 0 amide bonds. The van der Waals surface area contributed by atoms with E-state index in [9.17, 15) is 0 Å². The van der Waals surface area contributed by atoms with E-state index in [1.165, 1.54) is 44.9 Å². The fourth-order valence-corrected chi connectivity index (χ4v) is 2.39. The van der Waals surface area contributed by atoms with Gasteiger partial charge in [0.15, 0.2) is 6.40 Å². The highest BCUT2D eigenvalue weighted by Crippen LogP contribution is 2.28. The predicted molar refractivity (Wildman–Crippen MR) is 54.0 cm³/mol. The molecule has 1 atom stereocenters. The van der Waals surface area contributed by atoms with Crippen LogP contribution in [-0.4, -0.2) is 19.0 Å². The Bertz CT molecular complexity index is 173. The molecule has 1 saturated carbocycles. The van der Waals surface area contributed by atoms with Crippen molar-refractivity contribution in [2.45, 2.75) is 51.0 Å². The molecule has 2 aliphatic rings. The third kappa shape index (κ3) is 2.71. The molecular weight excluding hydrogens is 162 g/mol. The number of hydrogen-bond acceptors (Lipinski definition) is 2. The maximum atomic E-state index is 5.11. The average molecular weight is 181 g/mol. The van der Waals surface area contributed by atoms with E-state index in [1.54, 1.807) is 6.40 Å². The molecule has 0 spiro atoms. The monoisotopic (exact) mass is 181 g/mol. The van der Waals surface area contributed by atoms with Crippen LogP contribution in [0.15, 0.2) is 4.99 Å². The van der Waals surface area contributed by atoms with Gasteiger partial charge < -0.3 is 4.74 Å². The molecule has 1 aliphatic carbocycles. The van der Waals surface area contributed by atoms with E-state index in [0.717, 1.165) is 12.5 Å². The zero-order chi connectivity index (χ0) is 8.93. The highest BCUT2D eigenvalue weighted by atomic mass is 16.5. The maximum Gasteiger partial charge on any atom is 0.169 e. The molecule has 74 valence electrons. The Kier molecular flexibility index (Phi) is 3.22.